The molecule has 1 aromatic carbocycles. The zero-order chi connectivity index (χ0) is 18.0. The highest BCUT2D eigenvalue weighted by Crippen LogP contribution is 2.31. The summed E-state index contributed by atoms with van der Waals surface area (Å²) >= 11 is 0. The lowest BCUT2D eigenvalue weighted by Gasteiger charge is -2.14. The van der Waals surface area contributed by atoms with Crippen LogP contribution in [0, 0.1) is 19.7 Å². The fourth-order valence-electron chi connectivity index (χ4n) is 3.29. The highest BCUT2D eigenvalue weighted by Gasteiger charge is 2.21. The first-order valence-electron chi connectivity index (χ1n) is 8.46. The minimum absolute atomic E-state index is 0.150. The standard InChI is InChI=1S/C18H23FN4O2/c1-11-8-17(25-3)14(19)9-15(11)21-18(24)22-16-10-20-23(12(16)2)13-6-4-5-7-13/h8-10,13H,4-7H2,1-3H3,(H2,21,22,24). The first-order chi connectivity index (χ1) is 12.0. The second-order valence-corrected chi connectivity index (χ2v) is 6.41. The number of carbonyl (C=O) groups excluding carboxylic acids is 1. The zero-order valence-corrected chi connectivity index (χ0v) is 14.7. The van der Waals surface area contributed by atoms with Crippen LogP contribution in [0.15, 0.2) is 18.3 Å². The Morgan fingerprint density at radius 1 is 1.24 bits per heavy atom. The van der Waals surface area contributed by atoms with Crippen LogP contribution in [0.4, 0.5) is 20.6 Å². The van der Waals surface area contributed by atoms with Gasteiger partial charge in [0.05, 0.1) is 30.7 Å². The number of carbonyl (C=O) groups is 1. The number of ether oxygens (including phenoxy) is 1. The summed E-state index contributed by atoms with van der Waals surface area (Å²) in [6.07, 6.45) is 6.34. The number of anilines is 2. The molecule has 0 radical (unpaired) electrons. The number of methoxy groups -OCH3 is 1. The molecule has 1 heterocycles. The monoisotopic (exact) mass is 346 g/mol. The third kappa shape index (κ3) is 3.60. The van der Waals surface area contributed by atoms with Gasteiger partial charge in [-0.3, -0.25) is 4.68 Å². The highest BCUT2D eigenvalue weighted by atomic mass is 19.1. The summed E-state index contributed by atoms with van der Waals surface area (Å²) in [7, 11) is 1.41. The Morgan fingerprint density at radius 2 is 1.92 bits per heavy atom. The molecule has 0 atom stereocenters. The summed E-state index contributed by atoms with van der Waals surface area (Å²) in [4.78, 5) is 12.3. The van der Waals surface area contributed by atoms with Crippen molar-refractivity contribution < 1.29 is 13.9 Å². The number of rotatable bonds is 4. The van der Waals surface area contributed by atoms with E-state index in [0.29, 0.717) is 23.0 Å². The molecule has 1 aliphatic carbocycles. The Balaban J connectivity index is 1.70. The summed E-state index contributed by atoms with van der Waals surface area (Å²) in [5, 5.41) is 9.87. The summed E-state index contributed by atoms with van der Waals surface area (Å²) < 4.78 is 20.8. The van der Waals surface area contributed by atoms with Gasteiger partial charge in [0.15, 0.2) is 11.6 Å². The lowest BCUT2D eigenvalue weighted by atomic mass is 10.2. The molecule has 1 fully saturated rings. The first-order valence-corrected chi connectivity index (χ1v) is 8.46. The normalized spacial score (nSPS) is 14.6. The quantitative estimate of drug-likeness (QED) is 0.862. The SMILES string of the molecule is COc1cc(C)c(NC(=O)Nc2cnn(C3CCCC3)c2C)cc1F. The molecule has 7 heteroatoms. The fourth-order valence-corrected chi connectivity index (χ4v) is 3.29. The van der Waals surface area contributed by atoms with Gasteiger partial charge in [-0.25, -0.2) is 9.18 Å². The molecule has 6 nitrogen and oxygen atoms in total. The van der Waals surface area contributed by atoms with E-state index in [2.05, 4.69) is 15.7 Å². The zero-order valence-electron chi connectivity index (χ0n) is 14.7. The third-order valence-electron chi connectivity index (χ3n) is 4.71. The van der Waals surface area contributed by atoms with E-state index >= 15 is 0 Å². The molecule has 0 unspecified atom stereocenters. The van der Waals surface area contributed by atoms with Crippen molar-refractivity contribution in [1.82, 2.24) is 9.78 Å². The van der Waals surface area contributed by atoms with Gasteiger partial charge in [-0.2, -0.15) is 5.10 Å². The van der Waals surface area contributed by atoms with Gasteiger partial charge in [-0.05, 0) is 38.3 Å². The number of aryl methyl sites for hydroxylation is 1. The summed E-state index contributed by atoms with van der Waals surface area (Å²) in [6.45, 7) is 3.72. The molecule has 0 saturated heterocycles. The number of urea groups is 1. The summed E-state index contributed by atoms with van der Waals surface area (Å²) in [6, 6.07) is 2.79. The molecule has 3 rings (SSSR count). The molecule has 1 saturated carbocycles. The van der Waals surface area contributed by atoms with Crippen molar-refractivity contribution in [3.05, 3.63) is 35.4 Å². The Kier molecular flexibility index (Phi) is 4.92. The lowest BCUT2D eigenvalue weighted by molar-refractivity contribution is 0.262. The van der Waals surface area contributed by atoms with Crippen LogP contribution in [0.3, 0.4) is 0 Å². The molecule has 1 aromatic heterocycles. The van der Waals surface area contributed by atoms with Gasteiger partial charge < -0.3 is 15.4 Å². The Bertz CT molecular complexity index is 782. The third-order valence-corrected chi connectivity index (χ3v) is 4.71. The second kappa shape index (κ2) is 7.13. The van der Waals surface area contributed by atoms with Crippen LogP contribution in [-0.2, 0) is 0 Å². The number of hydrogen-bond donors (Lipinski definition) is 2. The number of amides is 2. The Morgan fingerprint density at radius 3 is 2.60 bits per heavy atom. The Labute approximate surface area is 146 Å². The van der Waals surface area contributed by atoms with Crippen LogP contribution in [0.1, 0.15) is 43.0 Å². The van der Waals surface area contributed by atoms with Crippen LogP contribution in [0.5, 0.6) is 5.75 Å². The number of aromatic nitrogens is 2. The van der Waals surface area contributed by atoms with Crippen LogP contribution >= 0.6 is 0 Å². The maximum absolute atomic E-state index is 13.8. The molecule has 25 heavy (non-hydrogen) atoms. The van der Waals surface area contributed by atoms with Crippen LogP contribution in [0.2, 0.25) is 0 Å². The largest absolute Gasteiger partial charge is 0.494 e. The van der Waals surface area contributed by atoms with E-state index in [1.165, 1.54) is 26.0 Å². The van der Waals surface area contributed by atoms with Crippen molar-refractivity contribution >= 4 is 17.4 Å². The fraction of sp³-hybridized carbons (Fsp3) is 0.444. The van der Waals surface area contributed by atoms with Crippen LogP contribution in [0.25, 0.3) is 0 Å². The first kappa shape index (κ1) is 17.3. The van der Waals surface area contributed by atoms with Crippen LogP contribution < -0.4 is 15.4 Å². The maximum Gasteiger partial charge on any atom is 0.323 e. The maximum atomic E-state index is 13.8. The molecule has 0 spiro atoms. The number of benzene rings is 1. The smallest absolute Gasteiger partial charge is 0.323 e. The van der Waals surface area contributed by atoms with Gasteiger partial charge in [0.2, 0.25) is 0 Å². The van der Waals surface area contributed by atoms with E-state index in [1.54, 1.807) is 19.2 Å². The minimum Gasteiger partial charge on any atom is -0.494 e. The molecule has 2 amide bonds. The van der Waals surface area contributed by atoms with E-state index in [-0.39, 0.29) is 5.75 Å². The molecule has 0 bridgehead atoms. The van der Waals surface area contributed by atoms with E-state index < -0.39 is 11.8 Å². The van der Waals surface area contributed by atoms with Gasteiger partial charge >= 0.3 is 6.03 Å². The van der Waals surface area contributed by atoms with Gasteiger partial charge in [-0.1, -0.05) is 12.8 Å². The molecule has 0 aliphatic heterocycles. The molecule has 2 aromatic rings. The van der Waals surface area contributed by atoms with Crippen molar-refractivity contribution in [1.29, 1.82) is 0 Å². The predicted molar refractivity (Wildman–Crippen MR) is 94.8 cm³/mol. The molecule has 1 aliphatic rings. The summed E-state index contributed by atoms with van der Waals surface area (Å²) in [5.74, 6) is -0.370. The van der Waals surface area contributed by atoms with Crippen molar-refractivity contribution in [2.45, 2.75) is 45.6 Å². The molecular weight excluding hydrogens is 323 g/mol. The topological polar surface area (TPSA) is 68.2 Å². The van der Waals surface area contributed by atoms with E-state index in [0.717, 1.165) is 18.5 Å². The van der Waals surface area contributed by atoms with Gasteiger partial charge in [0.1, 0.15) is 0 Å². The average molecular weight is 346 g/mol. The summed E-state index contributed by atoms with van der Waals surface area (Å²) in [5.41, 5.74) is 2.71. The molecular formula is C18H23FN4O2. The number of nitrogens with one attached hydrogen (secondary N) is 2. The lowest BCUT2D eigenvalue weighted by Crippen LogP contribution is -2.20. The van der Waals surface area contributed by atoms with Crippen molar-refractivity contribution in [2.24, 2.45) is 0 Å². The number of halogens is 1. The van der Waals surface area contributed by atoms with Crippen molar-refractivity contribution in [3.8, 4) is 5.75 Å². The van der Waals surface area contributed by atoms with Crippen molar-refractivity contribution in [3.63, 3.8) is 0 Å². The van der Waals surface area contributed by atoms with E-state index in [1.807, 2.05) is 11.6 Å². The molecule has 2 N–H and O–H groups in total. The average Bonchev–Trinajstić information content (AvgIpc) is 3.21. The van der Waals surface area contributed by atoms with E-state index in [4.69, 9.17) is 4.74 Å². The highest BCUT2D eigenvalue weighted by molar-refractivity contribution is 6.00. The number of hydrogen-bond acceptors (Lipinski definition) is 3. The second-order valence-electron chi connectivity index (χ2n) is 6.41. The van der Waals surface area contributed by atoms with Gasteiger partial charge in [0.25, 0.3) is 0 Å². The number of nitrogens with zero attached hydrogens (tertiary/aromatic N) is 2. The van der Waals surface area contributed by atoms with E-state index in [9.17, 15) is 9.18 Å². The van der Waals surface area contributed by atoms with Crippen molar-refractivity contribution in [2.75, 3.05) is 17.7 Å². The van der Waals surface area contributed by atoms with Crippen LogP contribution in [-0.4, -0.2) is 22.9 Å². The Hall–Kier alpha value is -2.57. The predicted octanol–water partition coefficient (Wildman–Crippen LogP) is 4.41. The molecule has 134 valence electrons. The van der Waals surface area contributed by atoms with Gasteiger partial charge in [-0.15, -0.1) is 0 Å². The minimum atomic E-state index is -0.520. The van der Waals surface area contributed by atoms with Gasteiger partial charge in [0, 0.05) is 11.8 Å².